The summed E-state index contributed by atoms with van der Waals surface area (Å²) in [6, 6.07) is 6.09. The molecule has 1 aliphatic heterocycles. The van der Waals surface area contributed by atoms with E-state index in [1.165, 1.54) is 17.5 Å². The highest BCUT2D eigenvalue weighted by atomic mass is 16.5. The molecule has 1 amide bonds. The third kappa shape index (κ3) is 2.77. The van der Waals surface area contributed by atoms with Gasteiger partial charge in [0.2, 0.25) is 0 Å². The van der Waals surface area contributed by atoms with Gasteiger partial charge in [-0.15, -0.1) is 0 Å². The topological polar surface area (TPSA) is 49.8 Å². The molecular formula is C17H23NO3. The van der Waals surface area contributed by atoms with Gasteiger partial charge in [-0.2, -0.15) is 0 Å². The van der Waals surface area contributed by atoms with Gasteiger partial charge in [0.1, 0.15) is 11.4 Å². The molecule has 0 atom stereocenters. The van der Waals surface area contributed by atoms with Gasteiger partial charge in [0.05, 0.1) is 13.1 Å². The van der Waals surface area contributed by atoms with Crippen molar-refractivity contribution >= 4 is 5.91 Å². The molecule has 1 saturated heterocycles. The Morgan fingerprint density at radius 1 is 1.33 bits per heavy atom. The molecule has 0 radical (unpaired) electrons. The average molecular weight is 289 g/mol. The summed E-state index contributed by atoms with van der Waals surface area (Å²) in [5.74, 6) is 0.878. The zero-order valence-electron chi connectivity index (χ0n) is 12.8. The minimum Gasteiger partial charge on any atom is -0.484 e. The van der Waals surface area contributed by atoms with Gasteiger partial charge in [0, 0.05) is 0 Å². The zero-order valence-corrected chi connectivity index (χ0v) is 12.8. The van der Waals surface area contributed by atoms with Crippen LogP contribution in [0.1, 0.15) is 31.4 Å². The van der Waals surface area contributed by atoms with Gasteiger partial charge >= 0.3 is 0 Å². The molecule has 0 bridgehead atoms. The van der Waals surface area contributed by atoms with Crippen molar-refractivity contribution in [1.82, 2.24) is 4.90 Å². The van der Waals surface area contributed by atoms with Gasteiger partial charge < -0.3 is 14.7 Å². The first-order chi connectivity index (χ1) is 9.98. The molecule has 0 aromatic heterocycles. The summed E-state index contributed by atoms with van der Waals surface area (Å²) in [5, 5.41) is 10.2. The van der Waals surface area contributed by atoms with Gasteiger partial charge in [0.15, 0.2) is 6.61 Å². The van der Waals surface area contributed by atoms with E-state index in [2.05, 4.69) is 12.1 Å². The lowest BCUT2D eigenvalue weighted by Crippen LogP contribution is -2.66. The Kier molecular flexibility index (Phi) is 3.66. The summed E-state index contributed by atoms with van der Waals surface area (Å²) in [5.41, 5.74) is 2.03. The number of β-amino-alcohol motifs (C(OH)–C–C–N with tert-alkyl or cyclic N) is 1. The zero-order chi connectivity index (χ0) is 15.0. The molecule has 3 rings (SSSR count). The Morgan fingerprint density at radius 3 is 2.76 bits per heavy atom. The fraction of sp³-hybridized carbons (Fsp3) is 0.588. The summed E-state index contributed by atoms with van der Waals surface area (Å²) in [6.07, 6.45) is 3.46. The lowest BCUT2D eigenvalue weighted by molar-refractivity contribution is -0.165. The highest BCUT2D eigenvalue weighted by Crippen LogP contribution is 2.29. The van der Waals surface area contributed by atoms with Crippen molar-refractivity contribution in [3.05, 3.63) is 29.3 Å². The second-order valence-corrected chi connectivity index (χ2v) is 6.58. The maximum atomic E-state index is 12.0. The van der Waals surface area contributed by atoms with E-state index in [1.807, 2.05) is 19.9 Å². The molecule has 1 aromatic carbocycles. The van der Waals surface area contributed by atoms with E-state index in [0.29, 0.717) is 13.1 Å². The van der Waals surface area contributed by atoms with E-state index >= 15 is 0 Å². The van der Waals surface area contributed by atoms with Gasteiger partial charge in [-0.05, 0) is 48.4 Å². The summed E-state index contributed by atoms with van der Waals surface area (Å²) in [4.78, 5) is 13.7. The Labute approximate surface area is 125 Å². The second kappa shape index (κ2) is 5.34. The molecule has 0 spiro atoms. The SMILES string of the molecule is CC(C)C1(O)CN(C(=O)COc2ccc3c(c2)CCC3)C1. The van der Waals surface area contributed by atoms with Crippen molar-refractivity contribution in [2.24, 2.45) is 5.92 Å². The summed E-state index contributed by atoms with van der Waals surface area (Å²) < 4.78 is 5.61. The van der Waals surface area contributed by atoms with Crippen LogP contribution in [0.2, 0.25) is 0 Å². The highest BCUT2D eigenvalue weighted by Gasteiger charge is 2.45. The second-order valence-electron chi connectivity index (χ2n) is 6.58. The van der Waals surface area contributed by atoms with E-state index < -0.39 is 5.60 Å². The molecule has 1 N–H and O–H groups in total. The first-order valence-electron chi connectivity index (χ1n) is 7.73. The van der Waals surface area contributed by atoms with Crippen molar-refractivity contribution in [3.63, 3.8) is 0 Å². The number of aryl methyl sites for hydroxylation is 2. The standard InChI is InChI=1S/C17H23NO3/c1-12(2)17(20)10-18(11-17)16(19)9-21-15-7-6-13-4-3-5-14(13)8-15/h6-8,12,20H,3-5,9-11H2,1-2H3. The Balaban J connectivity index is 1.51. The molecule has 114 valence electrons. The predicted molar refractivity (Wildman–Crippen MR) is 80.3 cm³/mol. The largest absolute Gasteiger partial charge is 0.484 e. The van der Waals surface area contributed by atoms with Crippen LogP contribution in [0.25, 0.3) is 0 Å². The van der Waals surface area contributed by atoms with Crippen molar-refractivity contribution in [2.45, 2.75) is 38.7 Å². The Hall–Kier alpha value is -1.55. The predicted octanol–water partition coefficient (Wildman–Crippen LogP) is 1.78. The third-order valence-corrected chi connectivity index (χ3v) is 4.79. The number of hydrogen-bond acceptors (Lipinski definition) is 3. The van der Waals surface area contributed by atoms with Crippen LogP contribution in [-0.2, 0) is 17.6 Å². The molecule has 21 heavy (non-hydrogen) atoms. The van der Waals surface area contributed by atoms with Crippen LogP contribution in [0.4, 0.5) is 0 Å². The van der Waals surface area contributed by atoms with Crippen LogP contribution in [0.5, 0.6) is 5.75 Å². The summed E-state index contributed by atoms with van der Waals surface area (Å²) in [6.45, 7) is 4.83. The van der Waals surface area contributed by atoms with E-state index in [9.17, 15) is 9.90 Å². The fourth-order valence-electron chi connectivity index (χ4n) is 3.03. The maximum Gasteiger partial charge on any atom is 0.260 e. The van der Waals surface area contributed by atoms with Gasteiger partial charge in [-0.25, -0.2) is 0 Å². The van der Waals surface area contributed by atoms with Gasteiger partial charge in [0.25, 0.3) is 5.91 Å². The molecular weight excluding hydrogens is 266 g/mol. The van der Waals surface area contributed by atoms with Gasteiger partial charge in [-0.3, -0.25) is 4.79 Å². The minimum absolute atomic E-state index is 0.0486. The molecule has 1 aromatic rings. The molecule has 1 aliphatic carbocycles. The number of fused-ring (bicyclic) bond motifs is 1. The quantitative estimate of drug-likeness (QED) is 0.919. The smallest absolute Gasteiger partial charge is 0.260 e. The van der Waals surface area contributed by atoms with Crippen LogP contribution >= 0.6 is 0 Å². The van der Waals surface area contributed by atoms with Crippen LogP contribution in [0, 0.1) is 5.92 Å². The number of ether oxygens (including phenoxy) is 1. The number of aliphatic hydroxyl groups is 1. The first-order valence-corrected chi connectivity index (χ1v) is 7.73. The molecule has 0 saturated carbocycles. The fourth-order valence-corrected chi connectivity index (χ4v) is 3.03. The number of hydrogen-bond donors (Lipinski definition) is 1. The van der Waals surface area contributed by atoms with Gasteiger partial charge in [-0.1, -0.05) is 19.9 Å². The number of likely N-dealkylation sites (tertiary alicyclic amines) is 1. The number of nitrogens with zero attached hydrogens (tertiary/aromatic N) is 1. The molecule has 2 aliphatic rings. The normalized spacial score (nSPS) is 19.3. The van der Waals surface area contributed by atoms with Crippen LogP contribution in [0.15, 0.2) is 18.2 Å². The molecule has 1 fully saturated rings. The van der Waals surface area contributed by atoms with Crippen molar-refractivity contribution < 1.29 is 14.6 Å². The number of rotatable bonds is 4. The highest BCUT2D eigenvalue weighted by molar-refractivity contribution is 5.79. The van der Waals surface area contributed by atoms with E-state index in [0.717, 1.165) is 18.6 Å². The van der Waals surface area contributed by atoms with Crippen molar-refractivity contribution in [3.8, 4) is 5.75 Å². The lowest BCUT2D eigenvalue weighted by atomic mass is 9.83. The molecule has 4 nitrogen and oxygen atoms in total. The summed E-state index contributed by atoms with van der Waals surface area (Å²) >= 11 is 0. The molecule has 4 heteroatoms. The monoisotopic (exact) mass is 289 g/mol. The Morgan fingerprint density at radius 2 is 2.05 bits per heavy atom. The first kappa shape index (κ1) is 14.4. The van der Waals surface area contributed by atoms with E-state index in [-0.39, 0.29) is 18.4 Å². The lowest BCUT2D eigenvalue weighted by Gasteiger charge is -2.48. The van der Waals surface area contributed by atoms with Crippen molar-refractivity contribution in [2.75, 3.05) is 19.7 Å². The third-order valence-electron chi connectivity index (χ3n) is 4.79. The van der Waals surface area contributed by atoms with Crippen LogP contribution in [0.3, 0.4) is 0 Å². The maximum absolute atomic E-state index is 12.0. The Bertz CT molecular complexity index is 547. The number of benzene rings is 1. The molecule has 1 heterocycles. The number of amides is 1. The minimum atomic E-state index is -0.719. The number of carbonyl (C=O) groups is 1. The molecule has 0 unspecified atom stereocenters. The van der Waals surface area contributed by atoms with E-state index in [1.54, 1.807) is 4.90 Å². The van der Waals surface area contributed by atoms with E-state index in [4.69, 9.17) is 4.74 Å². The number of carbonyl (C=O) groups excluding carboxylic acids is 1. The van der Waals surface area contributed by atoms with Crippen LogP contribution < -0.4 is 4.74 Å². The van der Waals surface area contributed by atoms with Crippen molar-refractivity contribution in [1.29, 1.82) is 0 Å². The average Bonchev–Trinajstić information content (AvgIpc) is 2.88. The van der Waals surface area contributed by atoms with Crippen LogP contribution in [-0.4, -0.2) is 41.2 Å². The summed E-state index contributed by atoms with van der Waals surface area (Å²) in [7, 11) is 0.